The van der Waals surface area contributed by atoms with Gasteiger partial charge in [-0.3, -0.25) is 9.97 Å². The monoisotopic (exact) mass is 214 g/mol. The minimum absolute atomic E-state index is 0.162. The van der Waals surface area contributed by atoms with Crippen LogP contribution in [0.25, 0.3) is 0 Å². The molecule has 6 heteroatoms. The largest absolute Gasteiger partial charge is 0.394 e. The number of rotatable bonds is 4. The van der Waals surface area contributed by atoms with Crippen molar-refractivity contribution in [1.29, 1.82) is 0 Å². The van der Waals surface area contributed by atoms with Gasteiger partial charge in [-0.2, -0.15) is 0 Å². The van der Waals surface area contributed by atoms with E-state index in [1.807, 2.05) is 0 Å². The Hall–Kier alpha value is -1.08. The molecule has 1 aromatic heterocycles. The maximum absolute atomic E-state index is 9.59. The Morgan fingerprint density at radius 3 is 2.47 bits per heavy atom. The van der Waals surface area contributed by atoms with Crippen LogP contribution in [0.15, 0.2) is 12.4 Å². The van der Waals surface area contributed by atoms with Gasteiger partial charge in [0.25, 0.3) is 0 Å². The summed E-state index contributed by atoms with van der Waals surface area (Å²) in [6.07, 6.45) is -1.44. The molecule has 15 heavy (non-hydrogen) atoms. The molecule has 0 spiro atoms. The summed E-state index contributed by atoms with van der Waals surface area (Å²) in [6, 6.07) is 0. The zero-order chi connectivity index (χ0) is 11.4. The third kappa shape index (κ3) is 2.93. The van der Waals surface area contributed by atoms with Gasteiger partial charge in [-0.15, -0.1) is 0 Å². The van der Waals surface area contributed by atoms with E-state index in [-0.39, 0.29) is 5.69 Å². The Morgan fingerprint density at radius 1 is 1.27 bits per heavy atom. The molecule has 1 rings (SSSR count). The first-order valence-electron chi connectivity index (χ1n) is 4.50. The zero-order valence-electron chi connectivity index (χ0n) is 8.28. The number of aryl methyl sites for hydroxylation is 1. The van der Waals surface area contributed by atoms with Gasteiger partial charge in [0.05, 0.1) is 24.2 Å². The molecule has 0 fully saturated rings. The van der Waals surface area contributed by atoms with E-state index in [0.29, 0.717) is 5.69 Å². The summed E-state index contributed by atoms with van der Waals surface area (Å²) in [5, 5.41) is 36.7. The van der Waals surface area contributed by atoms with Crippen LogP contribution in [-0.4, -0.2) is 49.2 Å². The van der Waals surface area contributed by atoms with Crippen LogP contribution in [0.5, 0.6) is 0 Å². The predicted molar refractivity (Wildman–Crippen MR) is 50.8 cm³/mol. The minimum atomic E-state index is -1.48. The Bertz CT molecular complexity index is 321. The van der Waals surface area contributed by atoms with Gasteiger partial charge in [0.2, 0.25) is 0 Å². The first-order valence-corrected chi connectivity index (χ1v) is 4.50. The molecule has 0 unspecified atom stereocenters. The lowest BCUT2D eigenvalue weighted by Gasteiger charge is -2.20. The summed E-state index contributed by atoms with van der Waals surface area (Å²) < 4.78 is 0. The van der Waals surface area contributed by atoms with Gasteiger partial charge in [0, 0.05) is 6.20 Å². The molecule has 0 bridgehead atoms. The number of nitrogens with zero attached hydrogens (tertiary/aromatic N) is 2. The van der Waals surface area contributed by atoms with E-state index in [9.17, 15) is 10.2 Å². The van der Waals surface area contributed by atoms with Crippen molar-refractivity contribution in [2.75, 3.05) is 6.61 Å². The van der Waals surface area contributed by atoms with E-state index < -0.39 is 24.9 Å². The van der Waals surface area contributed by atoms with Crippen molar-refractivity contribution in [3.05, 3.63) is 23.8 Å². The number of hydrogen-bond donors (Lipinski definition) is 4. The summed E-state index contributed by atoms with van der Waals surface area (Å²) in [4.78, 5) is 7.74. The Balaban J connectivity index is 2.80. The lowest BCUT2D eigenvalue weighted by molar-refractivity contribution is -0.0790. The number of aliphatic hydroxyl groups excluding tert-OH is 4. The van der Waals surface area contributed by atoms with E-state index in [1.165, 1.54) is 12.4 Å². The summed E-state index contributed by atoms with van der Waals surface area (Å²) in [7, 11) is 0. The molecule has 0 aliphatic rings. The average molecular weight is 214 g/mol. The van der Waals surface area contributed by atoms with E-state index in [1.54, 1.807) is 6.92 Å². The first kappa shape index (κ1) is 12.0. The third-order valence-corrected chi connectivity index (χ3v) is 1.98. The summed E-state index contributed by atoms with van der Waals surface area (Å²) >= 11 is 0. The lowest BCUT2D eigenvalue weighted by Crippen LogP contribution is -2.35. The van der Waals surface area contributed by atoms with Gasteiger partial charge in [0.1, 0.15) is 18.3 Å². The quantitative estimate of drug-likeness (QED) is 0.487. The summed E-state index contributed by atoms with van der Waals surface area (Å²) in [5.41, 5.74) is 0.757. The zero-order valence-corrected chi connectivity index (χ0v) is 8.28. The van der Waals surface area contributed by atoms with Crippen molar-refractivity contribution in [3.8, 4) is 0 Å². The van der Waals surface area contributed by atoms with Crippen molar-refractivity contribution in [3.63, 3.8) is 0 Å². The molecule has 0 saturated carbocycles. The maximum Gasteiger partial charge on any atom is 0.126 e. The van der Waals surface area contributed by atoms with Crippen LogP contribution < -0.4 is 0 Å². The molecule has 0 saturated heterocycles. The average Bonchev–Trinajstić information content (AvgIpc) is 2.26. The van der Waals surface area contributed by atoms with E-state index in [2.05, 4.69) is 9.97 Å². The Labute approximate surface area is 86.9 Å². The van der Waals surface area contributed by atoms with Crippen LogP contribution in [0, 0.1) is 6.92 Å². The van der Waals surface area contributed by atoms with Crippen molar-refractivity contribution in [2.24, 2.45) is 0 Å². The minimum Gasteiger partial charge on any atom is -0.394 e. The molecule has 0 aliphatic heterocycles. The molecular weight excluding hydrogens is 200 g/mol. The van der Waals surface area contributed by atoms with Crippen LogP contribution >= 0.6 is 0 Å². The second kappa shape index (κ2) is 5.13. The van der Waals surface area contributed by atoms with Gasteiger partial charge in [-0.05, 0) is 6.92 Å². The molecule has 0 aliphatic carbocycles. The standard InChI is InChI=1S/C9H14N2O4/c1-5-2-10-3-6(11-5)8(14)9(15)7(13)4-12/h2-3,7-9,12-15H,4H2,1H3/t7-,8+,9+/m1/s1. The van der Waals surface area contributed by atoms with Crippen molar-refractivity contribution >= 4 is 0 Å². The van der Waals surface area contributed by atoms with Gasteiger partial charge in [-0.1, -0.05) is 0 Å². The Morgan fingerprint density at radius 2 is 1.93 bits per heavy atom. The number of hydrogen-bond acceptors (Lipinski definition) is 6. The third-order valence-electron chi connectivity index (χ3n) is 1.98. The number of aliphatic hydroxyl groups is 4. The molecule has 4 N–H and O–H groups in total. The fourth-order valence-corrected chi connectivity index (χ4v) is 1.12. The second-order valence-electron chi connectivity index (χ2n) is 3.27. The van der Waals surface area contributed by atoms with E-state index >= 15 is 0 Å². The van der Waals surface area contributed by atoms with Crippen molar-refractivity contribution < 1.29 is 20.4 Å². The van der Waals surface area contributed by atoms with E-state index in [0.717, 1.165) is 0 Å². The molecule has 1 aromatic rings. The maximum atomic E-state index is 9.59. The van der Waals surface area contributed by atoms with Crippen LogP contribution in [0.3, 0.4) is 0 Å². The summed E-state index contributed by atoms with van der Waals surface area (Å²) in [5.74, 6) is 0. The second-order valence-corrected chi connectivity index (χ2v) is 3.27. The van der Waals surface area contributed by atoms with Crippen LogP contribution in [0.1, 0.15) is 17.5 Å². The summed E-state index contributed by atoms with van der Waals surface area (Å²) in [6.45, 7) is 1.07. The highest BCUT2D eigenvalue weighted by Crippen LogP contribution is 2.16. The molecular formula is C9H14N2O4. The molecule has 6 nitrogen and oxygen atoms in total. The fourth-order valence-electron chi connectivity index (χ4n) is 1.12. The molecule has 0 aromatic carbocycles. The highest BCUT2D eigenvalue weighted by molar-refractivity contribution is 5.06. The molecule has 84 valence electrons. The highest BCUT2D eigenvalue weighted by atomic mass is 16.4. The normalized spacial score (nSPS) is 17.1. The van der Waals surface area contributed by atoms with Crippen molar-refractivity contribution in [1.82, 2.24) is 9.97 Å². The van der Waals surface area contributed by atoms with Crippen molar-refractivity contribution in [2.45, 2.75) is 25.2 Å². The van der Waals surface area contributed by atoms with Gasteiger partial charge < -0.3 is 20.4 Å². The van der Waals surface area contributed by atoms with Gasteiger partial charge in [-0.25, -0.2) is 0 Å². The Kier molecular flexibility index (Phi) is 4.10. The SMILES string of the molecule is Cc1cncc([C@H](O)[C@@H](O)[C@H](O)CO)n1. The van der Waals surface area contributed by atoms with Crippen LogP contribution in [0.2, 0.25) is 0 Å². The van der Waals surface area contributed by atoms with Crippen LogP contribution in [-0.2, 0) is 0 Å². The highest BCUT2D eigenvalue weighted by Gasteiger charge is 2.26. The molecule has 3 atom stereocenters. The molecule has 0 radical (unpaired) electrons. The fraction of sp³-hybridized carbons (Fsp3) is 0.556. The first-order chi connectivity index (χ1) is 7.06. The molecule has 1 heterocycles. The van der Waals surface area contributed by atoms with Gasteiger partial charge in [0.15, 0.2) is 0 Å². The predicted octanol–water partition coefficient (Wildman–Crippen LogP) is -1.47. The lowest BCUT2D eigenvalue weighted by atomic mass is 10.1. The van der Waals surface area contributed by atoms with Gasteiger partial charge >= 0.3 is 0 Å². The van der Waals surface area contributed by atoms with E-state index in [4.69, 9.17) is 10.2 Å². The number of aromatic nitrogens is 2. The van der Waals surface area contributed by atoms with Crippen LogP contribution in [0.4, 0.5) is 0 Å². The molecule has 0 amide bonds. The smallest absolute Gasteiger partial charge is 0.126 e. The topological polar surface area (TPSA) is 107 Å².